The van der Waals surface area contributed by atoms with E-state index in [-0.39, 0.29) is 46.7 Å². The van der Waals surface area contributed by atoms with Crippen LogP contribution >= 0.6 is 0 Å². The Bertz CT molecular complexity index is 1150. The fourth-order valence-corrected chi connectivity index (χ4v) is 3.57. The van der Waals surface area contributed by atoms with Gasteiger partial charge in [0.25, 0.3) is 23.6 Å². The van der Waals surface area contributed by atoms with E-state index in [1.165, 1.54) is 31.2 Å². The quantitative estimate of drug-likeness (QED) is 0.217. The van der Waals surface area contributed by atoms with Gasteiger partial charge in [0.15, 0.2) is 0 Å². The maximum Gasteiger partial charge on any atom is 0.308 e. The average Bonchev–Trinajstić information content (AvgIpc) is 3.07. The Balaban J connectivity index is 1.46. The Morgan fingerprint density at radius 3 is 2.17 bits per heavy atom. The van der Waals surface area contributed by atoms with Gasteiger partial charge in [0.1, 0.15) is 5.75 Å². The highest BCUT2D eigenvalue weighted by Gasteiger charge is 2.35. The van der Waals surface area contributed by atoms with E-state index in [0.29, 0.717) is 38.1 Å². The molecule has 2 N–H and O–H groups in total. The maximum absolute atomic E-state index is 12.6. The molecule has 3 rings (SSSR count). The van der Waals surface area contributed by atoms with Gasteiger partial charge in [-0.1, -0.05) is 6.07 Å². The van der Waals surface area contributed by atoms with Gasteiger partial charge in [0.05, 0.1) is 11.1 Å². The van der Waals surface area contributed by atoms with Crippen LogP contribution in [-0.2, 0) is 9.53 Å². The first-order valence-corrected chi connectivity index (χ1v) is 11.2. The minimum atomic E-state index is -0.475. The van der Waals surface area contributed by atoms with Crippen molar-refractivity contribution < 1.29 is 33.4 Å². The number of rotatable bonds is 11. The van der Waals surface area contributed by atoms with Gasteiger partial charge >= 0.3 is 5.97 Å². The summed E-state index contributed by atoms with van der Waals surface area (Å²) in [7, 11) is 1.55. The summed E-state index contributed by atoms with van der Waals surface area (Å²) in [4.78, 5) is 62.0. The number of benzene rings is 2. The first-order valence-electron chi connectivity index (χ1n) is 11.2. The van der Waals surface area contributed by atoms with Crippen molar-refractivity contribution >= 4 is 29.6 Å². The van der Waals surface area contributed by atoms with Crippen LogP contribution in [0.25, 0.3) is 0 Å². The van der Waals surface area contributed by atoms with Crippen LogP contribution in [-0.4, -0.2) is 67.8 Å². The summed E-state index contributed by atoms with van der Waals surface area (Å²) in [6, 6.07) is 10.7. The molecule has 0 atom stereocenters. The summed E-state index contributed by atoms with van der Waals surface area (Å²) in [5.74, 6) is -1.70. The van der Waals surface area contributed by atoms with Gasteiger partial charge in [0, 0.05) is 51.4 Å². The molecule has 2 aromatic rings. The molecular weight excluding hydrogens is 454 g/mol. The Hall–Kier alpha value is -4.05. The summed E-state index contributed by atoms with van der Waals surface area (Å²) < 4.78 is 9.94. The number of nitrogens with zero attached hydrogens (tertiary/aromatic N) is 1. The number of amides is 4. The predicted octanol–water partition coefficient (Wildman–Crippen LogP) is 1.79. The molecule has 1 aliphatic heterocycles. The summed E-state index contributed by atoms with van der Waals surface area (Å²) in [5.41, 5.74) is 1.11. The lowest BCUT2D eigenvalue weighted by Gasteiger charge is -2.12. The Morgan fingerprint density at radius 1 is 0.857 bits per heavy atom. The van der Waals surface area contributed by atoms with E-state index < -0.39 is 11.9 Å². The summed E-state index contributed by atoms with van der Waals surface area (Å²) in [5, 5.41) is 5.48. The molecule has 0 unspecified atom stereocenters. The Labute approximate surface area is 202 Å². The first kappa shape index (κ1) is 25.6. The number of hydrogen-bond donors (Lipinski definition) is 2. The van der Waals surface area contributed by atoms with Crippen LogP contribution in [0.15, 0.2) is 42.5 Å². The van der Waals surface area contributed by atoms with E-state index in [2.05, 4.69) is 10.6 Å². The SMILES string of the molecule is COCCCN1C(=O)c2ccc(C(=O)NCCCNC(=O)c3cccc(OC(C)=O)c3)cc2C1=O. The van der Waals surface area contributed by atoms with Crippen molar-refractivity contribution in [1.82, 2.24) is 15.5 Å². The average molecular weight is 482 g/mol. The van der Waals surface area contributed by atoms with Gasteiger partial charge in [-0.15, -0.1) is 0 Å². The third-order valence-corrected chi connectivity index (χ3v) is 5.25. The van der Waals surface area contributed by atoms with Crippen molar-refractivity contribution in [1.29, 1.82) is 0 Å². The van der Waals surface area contributed by atoms with E-state index in [9.17, 15) is 24.0 Å². The van der Waals surface area contributed by atoms with Crippen LogP contribution in [0.3, 0.4) is 0 Å². The van der Waals surface area contributed by atoms with Crippen molar-refractivity contribution in [2.75, 3.05) is 33.4 Å². The highest BCUT2D eigenvalue weighted by Crippen LogP contribution is 2.24. The van der Waals surface area contributed by atoms with E-state index in [4.69, 9.17) is 9.47 Å². The number of nitrogens with one attached hydrogen (secondary N) is 2. The molecule has 10 nitrogen and oxygen atoms in total. The molecule has 35 heavy (non-hydrogen) atoms. The second kappa shape index (κ2) is 11.9. The lowest BCUT2D eigenvalue weighted by atomic mass is 10.1. The van der Waals surface area contributed by atoms with Crippen LogP contribution in [0.4, 0.5) is 0 Å². The van der Waals surface area contributed by atoms with Crippen molar-refractivity contribution in [2.45, 2.75) is 19.8 Å². The zero-order valence-corrected chi connectivity index (χ0v) is 19.6. The van der Waals surface area contributed by atoms with Gasteiger partial charge in [-0.2, -0.15) is 0 Å². The van der Waals surface area contributed by atoms with Gasteiger partial charge in [-0.3, -0.25) is 28.9 Å². The number of methoxy groups -OCH3 is 1. The van der Waals surface area contributed by atoms with Crippen LogP contribution in [0.5, 0.6) is 5.75 Å². The number of carbonyl (C=O) groups is 5. The number of imide groups is 1. The second-order valence-corrected chi connectivity index (χ2v) is 7.86. The van der Waals surface area contributed by atoms with Crippen LogP contribution in [0.2, 0.25) is 0 Å². The predicted molar refractivity (Wildman–Crippen MR) is 125 cm³/mol. The highest BCUT2D eigenvalue weighted by atomic mass is 16.5. The van der Waals surface area contributed by atoms with Gasteiger partial charge < -0.3 is 20.1 Å². The molecule has 10 heteroatoms. The van der Waals surface area contributed by atoms with E-state index in [1.807, 2.05) is 0 Å². The number of carbonyl (C=O) groups excluding carboxylic acids is 5. The third kappa shape index (κ3) is 6.51. The molecule has 0 fully saturated rings. The lowest BCUT2D eigenvalue weighted by molar-refractivity contribution is -0.131. The normalized spacial score (nSPS) is 12.3. The van der Waals surface area contributed by atoms with Crippen molar-refractivity contribution in [3.8, 4) is 5.75 Å². The highest BCUT2D eigenvalue weighted by molar-refractivity contribution is 6.22. The van der Waals surface area contributed by atoms with Crippen LogP contribution in [0.1, 0.15) is 61.2 Å². The molecule has 0 spiro atoms. The number of hydrogen-bond acceptors (Lipinski definition) is 7. The zero-order chi connectivity index (χ0) is 25.4. The molecule has 1 aliphatic rings. The van der Waals surface area contributed by atoms with Crippen LogP contribution in [0, 0.1) is 0 Å². The maximum atomic E-state index is 12.6. The standard InChI is InChI=1S/C25H27N3O7/c1-16(29)35-19-7-3-6-17(14-19)22(30)26-10-4-11-27-23(31)18-8-9-20-21(15-18)25(33)28(24(20)32)12-5-13-34-2/h3,6-9,14-15H,4-5,10-13H2,1-2H3,(H,26,30)(H,27,31). The summed E-state index contributed by atoms with van der Waals surface area (Å²) in [6.45, 7) is 2.56. The van der Waals surface area contributed by atoms with Gasteiger partial charge in [-0.05, 0) is 49.2 Å². The summed E-state index contributed by atoms with van der Waals surface area (Å²) in [6.07, 6.45) is 1.00. The minimum Gasteiger partial charge on any atom is -0.427 e. The minimum absolute atomic E-state index is 0.211. The molecule has 1 heterocycles. The fourth-order valence-electron chi connectivity index (χ4n) is 3.57. The molecule has 0 bridgehead atoms. The van der Waals surface area contributed by atoms with Gasteiger partial charge in [-0.25, -0.2) is 0 Å². The van der Waals surface area contributed by atoms with E-state index in [0.717, 1.165) is 4.90 Å². The Morgan fingerprint density at radius 2 is 1.51 bits per heavy atom. The second-order valence-electron chi connectivity index (χ2n) is 7.86. The van der Waals surface area contributed by atoms with Crippen molar-refractivity contribution in [2.24, 2.45) is 0 Å². The van der Waals surface area contributed by atoms with E-state index >= 15 is 0 Å². The number of ether oxygens (including phenoxy) is 2. The lowest BCUT2D eigenvalue weighted by Crippen LogP contribution is -2.31. The number of fused-ring (bicyclic) bond motifs is 1. The fraction of sp³-hybridized carbons (Fsp3) is 0.320. The topological polar surface area (TPSA) is 131 Å². The molecule has 0 aliphatic carbocycles. The van der Waals surface area contributed by atoms with Crippen molar-refractivity contribution in [3.63, 3.8) is 0 Å². The molecule has 184 valence electrons. The molecule has 0 saturated heterocycles. The van der Waals surface area contributed by atoms with Crippen molar-refractivity contribution in [3.05, 3.63) is 64.7 Å². The molecule has 0 aromatic heterocycles. The summed E-state index contributed by atoms with van der Waals surface area (Å²) >= 11 is 0. The Kier molecular flexibility index (Phi) is 8.69. The molecular formula is C25H27N3O7. The molecule has 0 radical (unpaired) electrons. The molecule has 0 saturated carbocycles. The molecule has 4 amide bonds. The smallest absolute Gasteiger partial charge is 0.308 e. The van der Waals surface area contributed by atoms with Crippen LogP contribution < -0.4 is 15.4 Å². The first-order chi connectivity index (χ1) is 16.8. The monoisotopic (exact) mass is 481 g/mol. The largest absolute Gasteiger partial charge is 0.427 e. The molecule has 2 aromatic carbocycles. The van der Waals surface area contributed by atoms with E-state index in [1.54, 1.807) is 25.3 Å². The zero-order valence-electron chi connectivity index (χ0n) is 19.6. The third-order valence-electron chi connectivity index (χ3n) is 5.25. The number of esters is 1. The van der Waals surface area contributed by atoms with Gasteiger partial charge in [0.2, 0.25) is 0 Å².